The fourth-order valence-corrected chi connectivity index (χ4v) is 1.10. The van der Waals surface area contributed by atoms with E-state index in [1.54, 1.807) is 25.1 Å². The Morgan fingerprint density at radius 3 is 2.67 bits per heavy atom. The minimum absolute atomic E-state index is 0.343. The highest BCUT2D eigenvalue weighted by atomic mass is 16.5. The van der Waals surface area contributed by atoms with Gasteiger partial charge in [0, 0.05) is 5.57 Å². The van der Waals surface area contributed by atoms with Crippen molar-refractivity contribution >= 4 is 5.97 Å². The maximum absolute atomic E-state index is 11.5. The number of ether oxygens (including phenoxy) is 1. The van der Waals surface area contributed by atoms with Crippen LogP contribution in [0, 0.1) is 6.92 Å². The lowest BCUT2D eigenvalue weighted by molar-refractivity contribution is -0.130. The van der Waals surface area contributed by atoms with E-state index < -0.39 is 0 Å². The van der Waals surface area contributed by atoms with Crippen LogP contribution in [0.1, 0.15) is 12.5 Å². The second-order valence-electron chi connectivity index (χ2n) is 3.24. The Kier molecular flexibility index (Phi) is 3.86. The Labute approximate surface area is 89.9 Å². The number of allylic oxidation sites excluding steroid dienone is 2. The highest BCUT2D eigenvalue weighted by Crippen LogP contribution is 2.17. The number of rotatable bonds is 3. The summed E-state index contributed by atoms with van der Waals surface area (Å²) in [5.41, 5.74) is 1.48. The first-order valence-corrected chi connectivity index (χ1v) is 4.72. The van der Waals surface area contributed by atoms with Gasteiger partial charge in [0.1, 0.15) is 5.75 Å². The van der Waals surface area contributed by atoms with Crippen LogP contribution in [0.2, 0.25) is 0 Å². The van der Waals surface area contributed by atoms with E-state index in [1.807, 2.05) is 25.1 Å². The summed E-state index contributed by atoms with van der Waals surface area (Å²) in [6.07, 6.45) is 3.19. The van der Waals surface area contributed by atoms with E-state index >= 15 is 0 Å². The molecule has 1 aromatic carbocycles. The zero-order chi connectivity index (χ0) is 11.3. The van der Waals surface area contributed by atoms with Crippen molar-refractivity contribution in [3.05, 3.63) is 54.1 Å². The van der Waals surface area contributed by atoms with Gasteiger partial charge >= 0.3 is 5.97 Å². The standard InChI is InChI=1S/C13H14O2/c1-4-7-11(3)13(14)15-12-9-6-5-8-10(12)2/h4-9H,1H2,2-3H3/b11-7+. The second kappa shape index (κ2) is 5.15. The van der Waals surface area contributed by atoms with Crippen molar-refractivity contribution in [2.45, 2.75) is 13.8 Å². The molecule has 15 heavy (non-hydrogen) atoms. The van der Waals surface area contributed by atoms with Crippen molar-refractivity contribution in [3.63, 3.8) is 0 Å². The molecule has 1 aromatic rings. The number of benzene rings is 1. The molecule has 78 valence electrons. The Hall–Kier alpha value is -1.83. The van der Waals surface area contributed by atoms with Crippen molar-refractivity contribution in [1.82, 2.24) is 0 Å². The summed E-state index contributed by atoms with van der Waals surface area (Å²) >= 11 is 0. The van der Waals surface area contributed by atoms with Crippen molar-refractivity contribution in [2.24, 2.45) is 0 Å². The molecule has 0 bridgehead atoms. The van der Waals surface area contributed by atoms with Crippen LogP contribution < -0.4 is 4.74 Å². The maximum Gasteiger partial charge on any atom is 0.339 e. The zero-order valence-corrected chi connectivity index (χ0v) is 8.99. The van der Waals surface area contributed by atoms with E-state index in [4.69, 9.17) is 4.74 Å². The van der Waals surface area contributed by atoms with E-state index in [0.717, 1.165) is 5.56 Å². The van der Waals surface area contributed by atoms with E-state index in [9.17, 15) is 4.79 Å². The van der Waals surface area contributed by atoms with Gasteiger partial charge < -0.3 is 4.74 Å². The summed E-state index contributed by atoms with van der Waals surface area (Å²) in [4.78, 5) is 11.5. The lowest BCUT2D eigenvalue weighted by atomic mass is 10.2. The highest BCUT2D eigenvalue weighted by Gasteiger charge is 2.07. The lowest BCUT2D eigenvalue weighted by Crippen LogP contribution is -2.09. The average Bonchev–Trinajstić information content (AvgIpc) is 2.21. The van der Waals surface area contributed by atoms with E-state index in [2.05, 4.69) is 6.58 Å². The van der Waals surface area contributed by atoms with Crippen LogP contribution in [0.5, 0.6) is 5.75 Å². The lowest BCUT2D eigenvalue weighted by Gasteiger charge is -2.06. The molecule has 0 spiro atoms. The topological polar surface area (TPSA) is 26.3 Å². The van der Waals surface area contributed by atoms with Crippen LogP contribution >= 0.6 is 0 Å². The summed E-state index contributed by atoms with van der Waals surface area (Å²) in [6.45, 7) is 7.12. The Morgan fingerprint density at radius 2 is 2.07 bits per heavy atom. The van der Waals surface area contributed by atoms with E-state index in [-0.39, 0.29) is 5.97 Å². The predicted octanol–water partition coefficient (Wildman–Crippen LogP) is 3.03. The SMILES string of the molecule is C=C/C=C(\C)C(=O)Oc1ccccc1C. The van der Waals surface area contributed by atoms with Gasteiger partial charge in [-0.25, -0.2) is 4.79 Å². The fourth-order valence-electron chi connectivity index (χ4n) is 1.10. The Balaban J connectivity index is 2.79. The van der Waals surface area contributed by atoms with Crippen LogP contribution in [0.25, 0.3) is 0 Å². The first-order chi connectivity index (χ1) is 7.15. The van der Waals surface area contributed by atoms with Crippen LogP contribution in [-0.4, -0.2) is 5.97 Å². The van der Waals surface area contributed by atoms with Gasteiger partial charge in [-0.1, -0.05) is 36.9 Å². The van der Waals surface area contributed by atoms with Gasteiger partial charge in [0.25, 0.3) is 0 Å². The third kappa shape index (κ3) is 3.09. The minimum atomic E-state index is -0.343. The first-order valence-electron chi connectivity index (χ1n) is 4.72. The van der Waals surface area contributed by atoms with E-state index in [1.165, 1.54) is 0 Å². The number of carbonyl (C=O) groups is 1. The van der Waals surface area contributed by atoms with Gasteiger partial charge in [-0.15, -0.1) is 0 Å². The molecule has 2 heteroatoms. The first kappa shape index (κ1) is 11.2. The molecular formula is C13H14O2. The number of esters is 1. The quantitative estimate of drug-likeness (QED) is 0.326. The number of aryl methyl sites for hydroxylation is 1. The molecule has 0 aliphatic rings. The molecule has 0 N–H and O–H groups in total. The fraction of sp³-hybridized carbons (Fsp3) is 0.154. The van der Waals surface area contributed by atoms with Gasteiger partial charge in [-0.05, 0) is 25.5 Å². The number of hydrogen-bond donors (Lipinski definition) is 0. The summed E-state index contributed by atoms with van der Waals surface area (Å²) in [5, 5.41) is 0. The molecule has 0 aliphatic carbocycles. The van der Waals surface area contributed by atoms with Crippen LogP contribution in [0.3, 0.4) is 0 Å². The third-order valence-electron chi connectivity index (χ3n) is 1.99. The molecule has 0 amide bonds. The molecule has 0 aromatic heterocycles. The summed E-state index contributed by atoms with van der Waals surface area (Å²) in [7, 11) is 0. The molecule has 0 saturated heterocycles. The normalized spacial score (nSPS) is 10.9. The Morgan fingerprint density at radius 1 is 1.40 bits per heavy atom. The van der Waals surface area contributed by atoms with Gasteiger partial charge in [0.15, 0.2) is 0 Å². The molecule has 1 rings (SSSR count). The highest BCUT2D eigenvalue weighted by molar-refractivity contribution is 5.89. The summed E-state index contributed by atoms with van der Waals surface area (Å²) < 4.78 is 5.20. The smallest absolute Gasteiger partial charge is 0.339 e. The monoisotopic (exact) mass is 202 g/mol. The van der Waals surface area contributed by atoms with Crippen LogP contribution in [-0.2, 0) is 4.79 Å². The van der Waals surface area contributed by atoms with Crippen molar-refractivity contribution in [1.29, 1.82) is 0 Å². The molecule has 0 unspecified atom stereocenters. The molecule has 0 radical (unpaired) electrons. The van der Waals surface area contributed by atoms with Crippen molar-refractivity contribution in [2.75, 3.05) is 0 Å². The molecule has 2 nitrogen and oxygen atoms in total. The van der Waals surface area contributed by atoms with Gasteiger partial charge in [0.05, 0.1) is 0 Å². The predicted molar refractivity (Wildman–Crippen MR) is 60.8 cm³/mol. The third-order valence-corrected chi connectivity index (χ3v) is 1.99. The van der Waals surface area contributed by atoms with Crippen LogP contribution in [0.15, 0.2) is 48.6 Å². The maximum atomic E-state index is 11.5. The molecule has 0 aliphatic heterocycles. The number of hydrogen-bond acceptors (Lipinski definition) is 2. The molecule has 0 atom stereocenters. The Bertz CT molecular complexity index is 403. The van der Waals surface area contributed by atoms with Gasteiger partial charge in [-0.3, -0.25) is 0 Å². The van der Waals surface area contributed by atoms with Crippen LogP contribution in [0.4, 0.5) is 0 Å². The summed E-state index contributed by atoms with van der Waals surface area (Å²) in [5.74, 6) is 0.253. The summed E-state index contributed by atoms with van der Waals surface area (Å²) in [6, 6.07) is 7.41. The molecule has 0 heterocycles. The number of para-hydroxylation sites is 1. The second-order valence-corrected chi connectivity index (χ2v) is 3.24. The molecule has 0 fully saturated rings. The number of carbonyl (C=O) groups excluding carboxylic acids is 1. The average molecular weight is 202 g/mol. The van der Waals surface area contributed by atoms with E-state index in [0.29, 0.717) is 11.3 Å². The largest absolute Gasteiger partial charge is 0.423 e. The van der Waals surface area contributed by atoms with Crippen molar-refractivity contribution in [3.8, 4) is 5.75 Å². The van der Waals surface area contributed by atoms with Crippen molar-refractivity contribution < 1.29 is 9.53 Å². The van der Waals surface area contributed by atoms with Gasteiger partial charge in [-0.2, -0.15) is 0 Å². The molecule has 0 saturated carbocycles. The van der Waals surface area contributed by atoms with Gasteiger partial charge in [0.2, 0.25) is 0 Å². The molecular weight excluding hydrogens is 188 g/mol. The zero-order valence-electron chi connectivity index (χ0n) is 8.99. The minimum Gasteiger partial charge on any atom is -0.423 e.